The van der Waals surface area contributed by atoms with Crippen molar-refractivity contribution < 1.29 is 14.7 Å². The molecule has 3 N–H and O–H groups in total. The van der Waals surface area contributed by atoms with Gasteiger partial charge in [-0.3, -0.25) is 4.79 Å². The summed E-state index contributed by atoms with van der Waals surface area (Å²) in [6, 6.07) is 4.90. The largest absolute Gasteiger partial charge is 0.508 e. The van der Waals surface area contributed by atoms with Gasteiger partial charge in [-0.25, -0.2) is 4.79 Å². The van der Waals surface area contributed by atoms with Crippen LogP contribution < -0.4 is 10.6 Å². The fraction of sp³-hybridized carbons (Fsp3) is 0.579. The van der Waals surface area contributed by atoms with Gasteiger partial charge < -0.3 is 20.6 Å². The first-order chi connectivity index (χ1) is 12.0. The van der Waals surface area contributed by atoms with E-state index in [1.807, 2.05) is 0 Å². The van der Waals surface area contributed by atoms with Crippen molar-refractivity contribution in [3.63, 3.8) is 0 Å². The molecule has 1 saturated heterocycles. The molecule has 6 nitrogen and oxygen atoms in total. The van der Waals surface area contributed by atoms with Gasteiger partial charge in [-0.15, -0.1) is 0 Å². The van der Waals surface area contributed by atoms with E-state index in [9.17, 15) is 14.7 Å². The molecule has 0 aliphatic carbocycles. The highest BCUT2D eigenvalue weighted by atomic mass is 16.3. The molecule has 0 saturated carbocycles. The number of urea groups is 1. The molecule has 1 unspecified atom stereocenters. The van der Waals surface area contributed by atoms with E-state index in [0.717, 1.165) is 31.2 Å². The Hall–Kier alpha value is -2.24. The normalized spacial score (nSPS) is 16.7. The number of aromatic hydroxyl groups is 1. The van der Waals surface area contributed by atoms with Crippen LogP contribution in [0.5, 0.6) is 5.75 Å². The maximum Gasteiger partial charge on any atom is 0.317 e. The number of phenolic OH excluding ortho intramolecular Hbond substituents is 1. The summed E-state index contributed by atoms with van der Waals surface area (Å²) in [6.07, 6.45) is 6.24. The van der Waals surface area contributed by atoms with Gasteiger partial charge in [0, 0.05) is 37.3 Å². The first-order valence-electron chi connectivity index (χ1n) is 9.18. The van der Waals surface area contributed by atoms with Crippen LogP contribution in [0.4, 0.5) is 10.5 Å². The van der Waals surface area contributed by atoms with Gasteiger partial charge in [0.15, 0.2) is 0 Å². The number of phenols is 1. The number of benzene rings is 1. The zero-order valence-electron chi connectivity index (χ0n) is 15.2. The van der Waals surface area contributed by atoms with Crippen molar-refractivity contribution in [2.45, 2.75) is 58.4 Å². The molecule has 3 amide bonds. The lowest BCUT2D eigenvalue weighted by Gasteiger charge is -2.26. The molecule has 1 fully saturated rings. The molecular weight excluding hydrogens is 318 g/mol. The van der Waals surface area contributed by atoms with Gasteiger partial charge in [-0.05, 0) is 25.3 Å². The summed E-state index contributed by atoms with van der Waals surface area (Å²) in [5.41, 5.74) is 1.28. The fourth-order valence-corrected chi connectivity index (χ4v) is 3.29. The standard InChI is InChI=1S/C19H29N3O3/c1-3-4-5-6-11-20-19(25)22-12-7-8-17(22)16-10-9-15(13-18(16)24)21-14(2)23/h9-10,13,17,24H,3-8,11-12H2,1-2H3,(H,20,25)(H,21,23). The van der Waals surface area contributed by atoms with Gasteiger partial charge in [0.1, 0.15) is 5.75 Å². The van der Waals surface area contributed by atoms with Gasteiger partial charge in [0.2, 0.25) is 5.91 Å². The summed E-state index contributed by atoms with van der Waals surface area (Å²) in [6.45, 7) is 4.97. The van der Waals surface area contributed by atoms with Crippen molar-refractivity contribution in [3.8, 4) is 5.75 Å². The van der Waals surface area contributed by atoms with Gasteiger partial charge in [0.05, 0.1) is 6.04 Å². The second-order valence-corrected chi connectivity index (χ2v) is 6.60. The summed E-state index contributed by atoms with van der Waals surface area (Å²) < 4.78 is 0. The molecule has 0 spiro atoms. The van der Waals surface area contributed by atoms with E-state index in [-0.39, 0.29) is 23.7 Å². The first kappa shape index (κ1) is 19.1. The van der Waals surface area contributed by atoms with Gasteiger partial charge in [-0.2, -0.15) is 0 Å². The molecule has 1 heterocycles. The van der Waals surface area contributed by atoms with Crippen LogP contribution in [-0.4, -0.2) is 35.0 Å². The van der Waals surface area contributed by atoms with Crippen LogP contribution in [0.3, 0.4) is 0 Å². The number of hydrogen-bond donors (Lipinski definition) is 3. The fourth-order valence-electron chi connectivity index (χ4n) is 3.29. The smallest absolute Gasteiger partial charge is 0.317 e. The molecule has 1 aromatic rings. The third-order valence-electron chi connectivity index (χ3n) is 4.53. The lowest BCUT2D eigenvalue weighted by molar-refractivity contribution is -0.114. The predicted molar refractivity (Wildman–Crippen MR) is 98.6 cm³/mol. The lowest BCUT2D eigenvalue weighted by atomic mass is 10.0. The molecule has 2 rings (SSSR count). The van der Waals surface area contributed by atoms with Crippen LogP contribution in [0.25, 0.3) is 0 Å². The van der Waals surface area contributed by atoms with Crippen molar-refractivity contribution in [1.82, 2.24) is 10.2 Å². The van der Waals surface area contributed by atoms with E-state index in [1.54, 1.807) is 17.0 Å². The quantitative estimate of drug-likeness (QED) is 0.657. The van der Waals surface area contributed by atoms with Crippen LogP contribution in [0.15, 0.2) is 18.2 Å². The summed E-state index contributed by atoms with van der Waals surface area (Å²) in [4.78, 5) is 25.4. The summed E-state index contributed by atoms with van der Waals surface area (Å²) in [5, 5.41) is 16.0. The Morgan fingerprint density at radius 3 is 2.76 bits per heavy atom. The van der Waals surface area contributed by atoms with Crippen LogP contribution in [0.2, 0.25) is 0 Å². The molecule has 0 bridgehead atoms. The number of amides is 3. The van der Waals surface area contributed by atoms with Crippen LogP contribution in [0.1, 0.15) is 64.0 Å². The number of carbonyl (C=O) groups is 2. The molecule has 0 aromatic heterocycles. The molecule has 138 valence electrons. The van der Waals surface area contributed by atoms with Crippen LogP contribution in [0, 0.1) is 0 Å². The number of unbranched alkanes of at least 4 members (excludes halogenated alkanes) is 3. The minimum absolute atomic E-state index is 0.0654. The van der Waals surface area contributed by atoms with E-state index in [2.05, 4.69) is 17.6 Å². The van der Waals surface area contributed by atoms with Crippen LogP contribution in [-0.2, 0) is 4.79 Å². The molecule has 1 aliphatic heterocycles. The summed E-state index contributed by atoms with van der Waals surface area (Å²) >= 11 is 0. The van der Waals surface area contributed by atoms with Crippen molar-refractivity contribution in [2.75, 3.05) is 18.4 Å². The first-order valence-corrected chi connectivity index (χ1v) is 9.18. The SMILES string of the molecule is CCCCCCNC(=O)N1CCCC1c1ccc(NC(C)=O)cc1O. The van der Waals surface area contributed by atoms with E-state index >= 15 is 0 Å². The molecule has 1 aromatic carbocycles. The molecular formula is C19H29N3O3. The Kier molecular flexibility index (Phi) is 7.10. The second-order valence-electron chi connectivity index (χ2n) is 6.60. The Morgan fingerprint density at radius 1 is 1.28 bits per heavy atom. The summed E-state index contributed by atoms with van der Waals surface area (Å²) in [7, 11) is 0. The average molecular weight is 347 g/mol. The minimum Gasteiger partial charge on any atom is -0.508 e. The topological polar surface area (TPSA) is 81.7 Å². The lowest BCUT2D eigenvalue weighted by Crippen LogP contribution is -2.39. The van der Waals surface area contributed by atoms with Crippen molar-refractivity contribution in [3.05, 3.63) is 23.8 Å². The van der Waals surface area contributed by atoms with E-state index in [0.29, 0.717) is 18.8 Å². The monoisotopic (exact) mass is 347 g/mol. The van der Waals surface area contributed by atoms with E-state index in [1.165, 1.54) is 25.8 Å². The molecule has 6 heteroatoms. The highest BCUT2D eigenvalue weighted by Gasteiger charge is 2.31. The number of carbonyl (C=O) groups excluding carboxylic acids is 2. The Labute approximate surface area is 149 Å². The second kappa shape index (κ2) is 9.30. The number of rotatable bonds is 7. The third-order valence-corrected chi connectivity index (χ3v) is 4.53. The number of hydrogen-bond acceptors (Lipinski definition) is 3. The van der Waals surface area contributed by atoms with Gasteiger partial charge in [-0.1, -0.05) is 32.3 Å². The Bertz CT molecular complexity index is 604. The summed E-state index contributed by atoms with van der Waals surface area (Å²) in [5.74, 6) is -0.0732. The van der Waals surface area contributed by atoms with Gasteiger partial charge >= 0.3 is 6.03 Å². The number of likely N-dealkylation sites (tertiary alicyclic amines) is 1. The zero-order chi connectivity index (χ0) is 18.2. The minimum atomic E-state index is -0.183. The Morgan fingerprint density at radius 2 is 2.08 bits per heavy atom. The highest BCUT2D eigenvalue weighted by Crippen LogP contribution is 2.37. The van der Waals surface area contributed by atoms with Crippen molar-refractivity contribution in [1.29, 1.82) is 0 Å². The predicted octanol–water partition coefficient (Wildman–Crippen LogP) is 3.78. The number of anilines is 1. The van der Waals surface area contributed by atoms with E-state index < -0.39 is 0 Å². The van der Waals surface area contributed by atoms with Crippen molar-refractivity contribution >= 4 is 17.6 Å². The van der Waals surface area contributed by atoms with E-state index in [4.69, 9.17) is 0 Å². The number of nitrogens with zero attached hydrogens (tertiary/aromatic N) is 1. The number of nitrogens with one attached hydrogen (secondary N) is 2. The average Bonchev–Trinajstić information content (AvgIpc) is 3.03. The van der Waals surface area contributed by atoms with Crippen LogP contribution >= 0.6 is 0 Å². The third kappa shape index (κ3) is 5.37. The van der Waals surface area contributed by atoms with Crippen molar-refractivity contribution in [2.24, 2.45) is 0 Å². The Balaban J connectivity index is 1.98. The molecule has 1 atom stereocenters. The highest BCUT2D eigenvalue weighted by molar-refractivity contribution is 5.89. The molecule has 25 heavy (non-hydrogen) atoms. The van der Waals surface area contributed by atoms with Gasteiger partial charge in [0.25, 0.3) is 0 Å². The maximum atomic E-state index is 12.5. The zero-order valence-corrected chi connectivity index (χ0v) is 15.2. The molecule has 0 radical (unpaired) electrons. The molecule has 1 aliphatic rings. The maximum absolute atomic E-state index is 12.5.